The van der Waals surface area contributed by atoms with Crippen LogP contribution >= 0.6 is 0 Å². The van der Waals surface area contributed by atoms with E-state index in [0.29, 0.717) is 5.92 Å². The second-order valence-corrected chi connectivity index (χ2v) is 4.44. The van der Waals surface area contributed by atoms with Gasteiger partial charge in [0, 0.05) is 30.1 Å². The average Bonchev–Trinajstić information content (AvgIpc) is 2.82. The number of hydrogen-bond acceptors (Lipinski definition) is 3. The lowest BCUT2D eigenvalue weighted by Crippen LogP contribution is -1.97. The summed E-state index contributed by atoms with van der Waals surface area (Å²) in [7, 11) is 0. The Labute approximate surface area is 94.3 Å². The largest absolute Gasteiger partial charge is 0.381 e. The summed E-state index contributed by atoms with van der Waals surface area (Å²) in [6.45, 7) is 5.73. The van der Waals surface area contributed by atoms with Crippen molar-refractivity contribution in [3.8, 4) is 0 Å². The second kappa shape index (κ2) is 3.56. The molecule has 0 aromatic carbocycles. The first kappa shape index (κ1) is 9.78. The quantitative estimate of drug-likeness (QED) is 0.731. The van der Waals surface area contributed by atoms with Gasteiger partial charge in [-0.25, -0.2) is 9.97 Å². The Kier molecular flexibility index (Phi) is 2.17. The van der Waals surface area contributed by atoms with E-state index in [-0.39, 0.29) is 0 Å². The number of ether oxygens (including phenoxy) is 1. The van der Waals surface area contributed by atoms with Crippen LogP contribution < -0.4 is 0 Å². The molecule has 1 aliphatic heterocycles. The highest BCUT2D eigenvalue weighted by atomic mass is 16.5. The van der Waals surface area contributed by atoms with Crippen molar-refractivity contribution in [1.82, 2.24) is 14.4 Å². The van der Waals surface area contributed by atoms with Crippen molar-refractivity contribution < 1.29 is 4.74 Å². The molecule has 84 valence electrons. The van der Waals surface area contributed by atoms with Crippen LogP contribution in [0.1, 0.15) is 29.4 Å². The van der Waals surface area contributed by atoms with Crippen LogP contribution in [0.2, 0.25) is 0 Å². The fourth-order valence-corrected chi connectivity index (χ4v) is 2.25. The van der Waals surface area contributed by atoms with E-state index in [1.165, 1.54) is 5.69 Å². The lowest BCUT2D eigenvalue weighted by atomic mass is 10.1. The summed E-state index contributed by atoms with van der Waals surface area (Å²) in [4.78, 5) is 9.03. The Hall–Kier alpha value is -1.42. The van der Waals surface area contributed by atoms with E-state index in [4.69, 9.17) is 4.74 Å². The van der Waals surface area contributed by atoms with Gasteiger partial charge in [-0.3, -0.25) is 4.40 Å². The summed E-state index contributed by atoms with van der Waals surface area (Å²) in [5.41, 5.74) is 3.31. The number of imidazole rings is 1. The maximum Gasteiger partial charge on any atom is 0.234 e. The van der Waals surface area contributed by atoms with E-state index < -0.39 is 0 Å². The molecule has 2 aromatic heterocycles. The summed E-state index contributed by atoms with van der Waals surface area (Å²) in [6.07, 6.45) is 3.17. The zero-order valence-electron chi connectivity index (χ0n) is 9.60. The molecule has 3 rings (SSSR count). The van der Waals surface area contributed by atoms with Gasteiger partial charge in [0.05, 0.1) is 12.3 Å². The zero-order chi connectivity index (χ0) is 11.1. The number of rotatable bonds is 1. The number of hydrogen-bond donors (Lipinski definition) is 0. The lowest BCUT2D eigenvalue weighted by Gasteiger charge is -2.00. The number of aryl methyl sites for hydroxylation is 2. The average molecular weight is 217 g/mol. The minimum absolute atomic E-state index is 0.446. The molecule has 1 saturated heterocycles. The first-order valence-corrected chi connectivity index (χ1v) is 5.65. The zero-order valence-corrected chi connectivity index (χ0v) is 9.60. The van der Waals surface area contributed by atoms with E-state index in [1.54, 1.807) is 0 Å². The molecule has 4 heteroatoms. The van der Waals surface area contributed by atoms with Crippen molar-refractivity contribution in [1.29, 1.82) is 0 Å². The second-order valence-electron chi connectivity index (χ2n) is 4.44. The first-order valence-electron chi connectivity index (χ1n) is 5.65. The minimum atomic E-state index is 0.446. The van der Waals surface area contributed by atoms with Crippen LogP contribution in [0.15, 0.2) is 12.3 Å². The molecule has 1 atom stereocenters. The van der Waals surface area contributed by atoms with Crippen LogP contribution in [0.4, 0.5) is 0 Å². The molecule has 4 nitrogen and oxygen atoms in total. The summed E-state index contributed by atoms with van der Waals surface area (Å²) >= 11 is 0. The lowest BCUT2D eigenvalue weighted by molar-refractivity contribution is 0.193. The summed E-state index contributed by atoms with van der Waals surface area (Å²) in [5.74, 6) is 1.25. The Morgan fingerprint density at radius 1 is 1.38 bits per heavy atom. The Bertz CT molecular complexity index is 526. The van der Waals surface area contributed by atoms with Crippen LogP contribution in [0.25, 0.3) is 5.78 Å². The topological polar surface area (TPSA) is 39.4 Å². The molecule has 0 amide bonds. The third kappa shape index (κ3) is 1.50. The van der Waals surface area contributed by atoms with Crippen molar-refractivity contribution in [2.24, 2.45) is 0 Å². The van der Waals surface area contributed by atoms with Crippen LogP contribution in [0.5, 0.6) is 0 Å². The molecular formula is C12H15N3O. The molecule has 0 saturated carbocycles. The van der Waals surface area contributed by atoms with Crippen molar-refractivity contribution >= 4 is 5.78 Å². The van der Waals surface area contributed by atoms with Gasteiger partial charge in [-0.2, -0.15) is 0 Å². The first-order chi connectivity index (χ1) is 7.74. The molecule has 0 N–H and O–H groups in total. The van der Waals surface area contributed by atoms with Gasteiger partial charge in [-0.15, -0.1) is 0 Å². The highest BCUT2D eigenvalue weighted by Crippen LogP contribution is 2.24. The van der Waals surface area contributed by atoms with Crippen molar-refractivity contribution in [3.63, 3.8) is 0 Å². The Morgan fingerprint density at radius 2 is 2.25 bits per heavy atom. The fourth-order valence-electron chi connectivity index (χ4n) is 2.25. The predicted octanol–water partition coefficient (Wildman–Crippen LogP) is 1.85. The van der Waals surface area contributed by atoms with Crippen LogP contribution in [0, 0.1) is 13.8 Å². The summed E-state index contributed by atoms with van der Waals surface area (Å²) in [5, 5.41) is 0. The third-order valence-corrected chi connectivity index (χ3v) is 3.13. The SMILES string of the molecule is Cc1cc(C)n2cc(C3CCOC3)nc2n1. The molecule has 0 spiro atoms. The summed E-state index contributed by atoms with van der Waals surface area (Å²) < 4.78 is 7.45. The Morgan fingerprint density at radius 3 is 3.00 bits per heavy atom. The van der Waals surface area contributed by atoms with Crippen LogP contribution in [-0.2, 0) is 4.74 Å². The van der Waals surface area contributed by atoms with Gasteiger partial charge in [0.2, 0.25) is 5.78 Å². The van der Waals surface area contributed by atoms with E-state index >= 15 is 0 Å². The molecule has 2 aromatic rings. The number of aromatic nitrogens is 3. The third-order valence-electron chi connectivity index (χ3n) is 3.13. The monoisotopic (exact) mass is 217 g/mol. The van der Waals surface area contributed by atoms with Crippen LogP contribution in [-0.4, -0.2) is 27.6 Å². The standard InChI is InChI=1S/C12H15N3O/c1-8-5-9(2)15-6-11(14-12(15)13-8)10-3-4-16-7-10/h5-6,10H,3-4,7H2,1-2H3. The number of nitrogens with zero attached hydrogens (tertiary/aromatic N) is 3. The van der Waals surface area contributed by atoms with Gasteiger partial charge in [-0.1, -0.05) is 0 Å². The van der Waals surface area contributed by atoms with Gasteiger partial charge in [0.15, 0.2) is 0 Å². The summed E-state index contributed by atoms with van der Waals surface area (Å²) in [6, 6.07) is 2.07. The van der Waals surface area contributed by atoms with Crippen molar-refractivity contribution in [2.75, 3.05) is 13.2 Å². The fraction of sp³-hybridized carbons (Fsp3) is 0.500. The normalized spacial score (nSPS) is 20.8. The van der Waals surface area contributed by atoms with Gasteiger partial charge in [0.1, 0.15) is 0 Å². The van der Waals surface area contributed by atoms with Gasteiger partial charge >= 0.3 is 0 Å². The molecule has 1 unspecified atom stereocenters. The van der Waals surface area contributed by atoms with E-state index in [2.05, 4.69) is 33.6 Å². The smallest absolute Gasteiger partial charge is 0.234 e. The molecule has 0 bridgehead atoms. The van der Waals surface area contributed by atoms with Gasteiger partial charge in [0.25, 0.3) is 0 Å². The van der Waals surface area contributed by atoms with E-state index in [9.17, 15) is 0 Å². The maximum atomic E-state index is 5.39. The van der Waals surface area contributed by atoms with Crippen molar-refractivity contribution in [3.05, 3.63) is 29.3 Å². The molecule has 1 aliphatic rings. The van der Waals surface area contributed by atoms with Gasteiger partial charge < -0.3 is 4.74 Å². The molecule has 0 aliphatic carbocycles. The van der Waals surface area contributed by atoms with Crippen molar-refractivity contribution in [2.45, 2.75) is 26.2 Å². The van der Waals surface area contributed by atoms with Crippen LogP contribution in [0.3, 0.4) is 0 Å². The van der Waals surface area contributed by atoms with E-state index in [0.717, 1.165) is 36.8 Å². The molecule has 3 heterocycles. The Balaban J connectivity index is 2.11. The maximum absolute atomic E-state index is 5.39. The molecule has 1 fully saturated rings. The highest BCUT2D eigenvalue weighted by Gasteiger charge is 2.21. The minimum Gasteiger partial charge on any atom is -0.381 e. The number of fused-ring (bicyclic) bond motifs is 1. The molecule has 0 radical (unpaired) electrons. The molecule has 16 heavy (non-hydrogen) atoms. The molecular weight excluding hydrogens is 202 g/mol. The predicted molar refractivity (Wildman–Crippen MR) is 60.6 cm³/mol. The van der Waals surface area contributed by atoms with E-state index in [1.807, 2.05) is 6.92 Å². The van der Waals surface area contributed by atoms with Gasteiger partial charge in [-0.05, 0) is 26.3 Å². The highest BCUT2D eigenvalue weighted by molar-refractivity contribution is 5.35.